The van der Waals surface area contributed by atoms with E-state index in [0.29, 0.717) is 0 Å². The second-order valence-corrected chi connectivity index (χ2v) is 14.5. The molecule has 0 saturated heterocycles. The average molecular weight is 701 g/mol. The highest BCUT2D eigenvalue weighted by molar-refractivity contribution is 6.24. The molecule has 55 heavy (non-hydrogen) atoms. The van der Waals surface area contributed by atoms with E-state index in [4.69, 9.17) is 4.42 Å². The predicted octanol–water partition coefficient (Wildman–Crippen LogP) is 14.3. The van der Waals surface area contributed by atoms with E-state index in [1.165, 1.54) is 65.6 Å². The molecule has 3 heterocycles. The van der Waals surface area contributed by atoms with Crippen LogP contribution in [0, 0.1) is 0 Å². The van der Waals surface area contributed by atoms with E-state index >= 15 is 0 Å². The molecule has 0 N–H and O–H groups in total. The molecule has 3 heteroatoms. The number of furan rings is 1. The van der Waals surface area contributed by atoms with E-state index in [0.717, 1.165) is 44.3 Å². The molecule has 0 atom stereocenters. The third-order valence-corrected chi connectivity index (χ3v) is 11.5. The van der Waals surface area contributed by atoms with Crippen LogP contribution in [-0.4, -0.2) is 9.13 Å². The third-order valence-electron chi connectivity index (χ3n) is 11.5. The standard InChI is InChI=1S/C52H32N2O/c1-3-14-33(15-4-1)50-38-19-8-7-16-36(38)32-48-51(50)43-31-35(27-29-46(43)54(48)47-24-13-22-41-40-21-10-12-25-49(40)55-52(41)47)34-26-28-45-42(30-34)39-20-9-11-23-44(39)53(45)37-17-5-2-6-18-37/h1-32H. The van der Waals surface area contributed by atoms with Crippen LogP contribution >= 0.6 is 0 Å². The molecule has 0 aliphatic carbocycles. The van der Waals surface area contributed by atoms with Gasteiger partial charge in [0.2, 0.25) is 0 Å². The topological polar surface area (TPSA) is 23.0 Å². The van der Waals surface area contributed by atoms with Crippen molar-refractivity contribution in [2.24, 2.45) is 0 Å². The van der Waals surface area contributed by atoms with Gasteiger partial charge in [0, 0.05) is 38.0 Å². The lowest BCUT2D eigenvalue weighted by Crippen LogP contribution is -1.95. The molecule has 12 aromatic rings. The predicted molar refractivity (Wildman–Crippen MR) is 231 cm³/mol. The highest BCUT2D eigenvalue weighted by atomic mass is 16.3. The zero-order valence-electron chi connectivity index (χ0n) is 29.8. The Hall–Kier alpha value is -7.36. The Morgan fingerprint density at radius 2 is 0.964 bits per heavy atom. The van der Waals surface area contributed by atoms with Gasteiger partial charge in [0.1, 0.15) is 5.58 Å². The van der Waals surface area contributed by atoms with Crippen LogP contribution < -0.4 is 0 Å². The summed E-state index contributed by atoms with van der Waals surface area (Å²) in [5.41, 5.74) is 13.5. The molecule has 0 amide bonds. The molecular weight excluding hydrogens is 669 g/mol. The smallest absolute Gasteiger partial charge is 0.159 e. The molecule has 256 valence electrons. The minimum Gasteiger partial charge on any atom is -0.454 e. The molecule has 3 nitrogen and oxygen atoms in total. The maximum absolute atomic E-state index is 6.69. The SMILES string of the molecule is c1ccc(-c2c3ccccc3cc3c2c2cc(-c4ccc5c(c4)c4ccccc4n5-c4ccccc4)ccc2n3-c2cccc3c2oc2ccccc23)cc1. The number of benzene rings is 9. The number of fused-ring (bicyclic) bond motifs is 10. The normalized spacial score (nSPS) is 12.0. The summed E-state index contributed by atoms with van der Waals surface area (Å²) in [5.74, 6) is 0. The molecule has 12 rings (SSSR count). The van der Waals surface area contributed by atoms with Gasteiger partial charge in [0.25, 0.3) is 0 Å². The van der Waals surface area contributed by atoms with Gasteiger partial charge in [-0.15, -0.1) is 0 Å². The second kappa shape index (κ2) is 11.6. The van der Waals surface area contributed by atoms with E-state index in [1.54, 1.807) is 0 Å². The van der Waals surface area contributed by atoms with Gasteiger partial charge in [-0.05, 0) is 93.7 Å². The number of nitrogens with zero attached hydrogens (tertiary/aromatic N) is 2. The Bertz CT molecular complexity index is 3470. The molecule has 0 saturated carbocycles. The first-order chi connectivity index (χ1) is 27.3. The fourth-order valence-corrected chi connectivity index (χ4v) is 9.10. The molecule has 0 radical (unpaired) electrons. The molecule has 0 aliphatic rings. The van der Waals surface area contributed by atoms with Crippen molar-refractivity contribution in [1.29, 1.82) is 0 Å². The number of hydrogen-bond acceptors (Lipinski definition) is 1. The summed E-state index contributed by atoms with van der Waals surface area (Å²) in [7, 11) is 0. The Labute approximate surface area is 316 Å². The van der Waals surface area contributed by atoms with E-state index < -0.39 is 0 Å². The average Bonchev–Trinajstić information content (AvgIpc) is 3.90. The van der Waals surface area contributed by atoms with Crippen LogP contribution in [-0.2, 0) is 0 Å². The summed E-state index contributed by atoms with van der Waals surface area (Å²) >= 11 is 0. The minimum atomic E-state index is 0.890. The van der Waals surface area contributed by atoms with Crippen molar-refractivity contribution < 1.29 is 4.42 Å². The van der Waals surface area contributed by atoms with Crippen molar-refractivity contribution >= 4 is 76.3 Å². The lowest BCUT2D eigenvalue weighted by molar-refractivity contribution is 0.666. The van der Waals surface area contributed by atoms with Gasteiger partial charge < -0.3 is 13.6 Å². The maximum atomic E-state index is 6.69. The van der Waals surface area contributed by atoms with Crippen LogP contribution in [0.1, 0.15) is 0 Å². The molecule has 9 aromatic carbocycles. The second-order valence-electron chi connectivity index (χ2n) is 14.5. The molecule has 0 fully saturated rings. The zero-order valence-corrected chi connectivity index (χ0v) is 29.8. The van der Waals surface area contributed by atoms with Gasteiger partial charge >= 0.3 is 0 Å². The number of hydrogen-bond donors (Lipinski definition) is 0. The van der Waals surface area contributed by atoms with Gasteiger partial charge in [-0.2, -0.15) is 0 Å². The number of aromatic nitrogens is 2. The Kier molecular flexibility index (Phi) is 6.34. The monoisotopic (exact) mass is 700 g/mol. The van der Waals surface area contributed by atoms with Crippen molar-refractivity contribution in [3.63, 3.8) is 0 Å². The van der Waals surface area contributed by atoms with Crippen LogP contribution in [0.15, 0.2) is 199 Å². The van der Waals surface area contributed by atoms with Gasteiger partial charge in [0.05, 0.1) is 27.8 Å². The molecular formula is C52H32N2O. The Morgan fingerprint density at radius 3 is 1.78 bits per heavy atom. The van der Waals surface area contributed by atoms with Gasteiger partial charge in [-0.25, -0.2) is 0 Å². The van der Waals surface area contributed by atoms with E-state index in [9.17, 15) is 0 Å². The fourth-order valence-electron chi connectivity index (χ4n) is 9.10. The van der Waals surface area contributed by atoms with E-state index in [-0.39, 0.29) is 0 Å². The number of rotatable bonds is 4. The van der Waals surface area contributed by atoms with Crippen LogP contribution in [0.2, 0.25) is 0 Å². The van der Waals surface area contributed by atoms with Crippen molar-refractivity contribution in [3.05, 3.63) is 194 Å². The Morgan fingerprint density at radius 1 is 0.345 bits per heavy atom. The quantitative estimate of drug-likeness (QED) is 0.179. The first kappa shape index (κ1) is 30.1. The van der Waals surface area contributed by atoms with Crippen LogP contribution in [0.5, 0.6) is 0 Å². The summed E-state index contributed by atoms with van der Waals surface area (Å²) in [6, 6.07) is 70.2. The Balaban J connectivity index is 1.18. The van der Waals surface area contributed by atoms with Crippen molar-refractivity contribution in [3.8, 4) is 33.6 Å². The fraction of sp³-hybridized carbons (Fsp3) is 0. The lowest BCUT2D eigenvalue weighted by atomic mass is 9.92. The van der Waals surface area contributed by atoms with Crippen molar-refractivity contribution in [1.82, 2.24) is 9.13 Å². The summed E-state index contributed by atoms with van der Waals surface area (Å²) in [5, 5.41) is 9.62. The molecule has 3 aromatic heterocycles. The highest BCUT2D eigenvalue weighted by Crippen LogP contribution is 2.46. The minimum absolute atomic E-state index is 0.890. The maximum Gasteiger partial charge on any atom is 0.159 e. The van der Waals surface area contributed by atoms with Crippen LogP contribution in [0.3, 0.4) is 0 Å². The lowest BCUT2D eigenvalue weighted by Gasteiger charge is -2.12. The largest absolute Gasteiger partial charge is 0.454 e. The first-order valence-electron chi connectivity index (χ1n) is 18.9. The molecule has 0 aliphatic heterocycles. The first-order valence-corrected chi connectivity index (χ1v) is 18.9. The van der Waals surface area contributed by atoms with Crippen molar-refractivity contribution in [2.45, 2.75) is 0 Å². The van der Waals surface area contributed by atoms with Crippen LogP contribution in [0.25, 0.3) is 110 Å². The van der Waals surface area contributed by atoms with E-state index in [2.05, 4.69) is 197 Å². The van der Waals surface area contributed by atoms with Gasteiger partial charge in [-0.3, -0.25) is 0 Å². The molecule has 0 spiro atoms. The summed E-state index contributed by atoms with van der Waals surface area (Å²) < 4.78 is 11.5. The number of para-hydroxylation sites is 4. The summed E-state index contributed by atoms with van der Waals surface area (Å²) in [4.78, 5) is 0. The summed E-state index contributed by atoms with van der Waals surface area (Å²) in [6.45, 7) is 0. The highest BCUT2D eigenvalue weighted by Gasteiger charge is 2.22. The van der Waals surface area contributed by atoms with Gasteiger partial charge in [0.15, 0.2) is 5.58 Å². The van der Waals surface area contributed by atoms with Crippen molar-refractivity contribution in [2.75, 3.05) is 0 Å². The molecule has 0 bridgehead atoms. The zero-order chi connectivity index (χ0) is 36.0. The summed E-state index contributed by atoms with van der Waals surface area (Å²) in [6.07, 6.45) is 0. The third kappa shape index (κ3) is 4.38. The van der Waals surface area contributed by atoms with Crippen LogP contribution in [0.4, 0.5) is 0 Å². The molecule has 0 unspecified atom stereocenters. The van der Waals surface area contributed by atoms with E-state index in [1.807, 2.05) is 6.07 Å². The van der Waals surface area contributed by atoms with Gasteiger partial charge in [-0.1, -0.05) is 133 Å².